The van der Waals surface area contributed by atoms with Gasteiger partial charge >= 0.3 is 0 Å². The van der Waals surface area contributed by atoms with Crippen LogP contribution in [0.2, 0.25) is 0 Å². The Labute approximate surface area is 122 Å². The maximum atomic E-state index is 5.21. The van der Waals surface area contributed by atoms with Crippen LogP contribution in [0.15, 0.2) is 41.0 Å². The van der Waals surface area contributed by atoms with Gasteiger partial charge < -0.3 is 10.1 Å². The number of methoxy groups -OCH3 is 1. The van der Waals surface area contributed by atoms with Crippen molar-refractivity contribution in [2.75, 3.05) is 12.4 Å². The zero-order chi connectivity index (χ0) is 13.7. The standard InChI is InChI=1S/C15H17BrN2O/c1-11-14(7-8-15(16)18-11)17-9-12-5-3-4-6-13(12)10-19-2/h3-8,17H,9-10H2,1-2H3. The molecule has 19 heavy (non-hydrogen) atoms. The lowest BCUT2D eigenvalue weighted by Gasteiger charge is -2.12. The highest BCUT2D eigenvalue weighted by atomic mass is 79.9. The van der Waals surface area contributed by atoms with Gasteiger partial charge in [-0.2, -0.15) is 0 Å². The molecule has 1 N–H and O–H groups in total. The molecule has 0 aliphatic heterocycles. The molecule has 100 valence electrons. The van der Waals surface area contributed by atoms with Crippen molar-refractivity contribution in [2.45, 2.75) is 20.1 Å². The fourth-order valence-corrected chi connectivity index (χ4v) is 2.33. The summed E-state index contributed by atoms with van der Waals surface area (Å²) in [6, 6.07) is 12.3. The highest BCUT2D eigenvalue weighted by Gasteiger charge is 2.03. The molecule has 2 rings (SSSR count). The van der Waals surface area contributed by atoms with Crippen LogP contribution in [0.1, 0.15) is 16.8 Å². The summed E-state index contributed by atoms with van der Waals surface area (Å²) in [6.07, 6.45) is 0. The van der Waals surface area contributed by atoms with E-state index in [0.717, 1.165) is 22.5 Å². The van der Waals surface area contributed by atoms with Gasteiger partial charge in [0, 0.05) is 13.7 Å². The average molecular weight is 321 g/mol. The largest absolute Gasteiger partial charge is 0.380 e. The van der Waals surface area contributed by atoms with Crippen LogP contribution in [0.25, 0.3) is 0 Å². The third-order valence-corrected chi connectivity index (χ3v) is 3.38. The maximum Gasteiger partial charge on any atom is 0.106 e. The van der Waals surface area contributed by atoms with E-state index in [1.807, 2.05) is 31.2 Å². The van der Waals surface area contributed by atoms with Crippen molar-refractivity contribution in [1.82, 2.24) is 4.98 Å². The second kappa shape index (κ2) is 6.68. The van der Waals surface area contributed by atoms with E-state index in [9.17, 15) is 0 Å². The van der Waals surface area contributed by atoms with Crippen molar-refractivity contribution >= 4 is 21.6 Å². The number of pyridine rings is 1. The molecular formula is C15H17BrN2O. The predicted molar refractivity (Wildman–Crippen MR) is 81.2 cm³/mol. The quantitative estimate of drug-likeness (QED) is 0.848. The van der Waals surface area contributed by atoms with Crippen LogP contribution in [-0.2, 0) is 17.9 Å². The van der Waals surface area contributed by atoms with E-state index in [-0.39, 0.29) is 0 Å². The number of anilines is 1. The van der Waals surface area contributed by atoms with Crippen LogP contribution in [0.3, 0.4) is 0 Å². The fraction of sp³-hybridized carbons (Fsp3) is 0.267. The molecule has 0 radical (unpaired) electrons. The molecule has 3 nitrogen and oxygen atoms in total. The van der Waals surface area contributed by atoms with Crippen LogP contribution in [0.4, 0.5) is 5.69 Å². The number of hydrogen-bond acceptors (Lipinski definition) is 3. The minimum absolute atomic E-state index is 0.634. The van der Waals surface area contributed by atoms with Gasteiger partial charge in [0.05, 0.1) is 18.0 Å². The number of ether oxygens (including phenoxy) is 1. The van der Waals surface area contributed by atoms with Crippen LogP contribution in [-0.4, -0.2) is 12.1 Å². The molecule has 0 aliphatic rings. The summed E-state index contributed by atoms with van der Waals surface area (Å²) in [6.45, 7) is 3.40. The van der Waals surface area contributed by atoms with Gasteiger partial charge in [-0.05, 0) is 46.1 Å². The Kier molecular flexibility index (Phi) is 4.93. The predicted octanol–water partition coefficient (Wildman–Crippen LogP) is 3.91. The first-order chi connectivity index (χ1) is 9.20. The van der Waals surface area contributed by atoms with Crippen molar-refractivity contribution in [3.05, 3.63) is 57.8 Å². The van der Waals surface area contributed by atoms with E-state index in [4.69, 9.17) is 4.74 Å². The van der Waals surface area contributed by atoms with E-state index in [0.29, 0.717) is 6.61 Å². The number of benzene rings is 1. The first kappa shape index (κ1) is 14.0. The van der Waals surface area contributed by atoms with Gasteiger partial charge in [0.15, 0.2) is 0 Å². The number of rotatable bonds is 5. The fourth-order valence-electron chi connectivity index (χ4n) is 1.93. The Bertz CT molecular complexity index is 558. The number of halogens is 1. The zero-order valence-corrected chi connectivity index (χ0v) is 12.7. The highest BCUT2D eigenvalue weighted by Crippen LogP contribution is 2.18. The molecule has 4 heteroatoms. The van der Waals surface area contributed by atoms with Crippen molar-refractivity contribution in [1.29, 1.82) is 0 Å². The lowest BCUT2D eigenvalue weighted by Crippen LogP contribution is -2.05. The van der Waals surface area contributed by atoms with Crippen molar-refractivity contribution in [3.63, 3.8) is 0 Å². The number of aryl methyl sites for hydroxylation is 1. The summed E-state index contributed by atoms with van der Waals surface area (Å²) in [4.78, 5) is 4.37. The van der Waals surface area contributed by atoms with Gasteiger partial charge in [0.2, 0.25) is 0 Å². The zero-order valence-electron chi connectivity index (χ0n) is 11.1. The number of nitrogens with one attached hydrogen (secondary N) is 1. The number of aromatic nitrogens is 1. The van der Waals surface area contributed by atoms with Crippen LogP contribution >= 0.6 is 15.9 Å². The van der Waals surface area contributed by atoms with E-state index >= 15 is 0 Å². The molecule has 0 fully saturated rings. The molecule has 0 saturated heterocycles. The molecule has 0 aliphatic carbocycles. The monoisotopic (exact) mass is 320 g/mol. The second-order valence-corrected chi connectivity index (χ2v) is 5.13. The second-order valence-electron chi connectivity index (χ2n) is 4.32. The van der Waals surface area contributed by atoms with E-state index in [2.05, 4.69) is 38.4 Å². The molecule has 0 amide bonds. The minimum atomic E-state index is 0.634. The maximum absolute atomic E-state index is 5.21. The van der Waals surface area contributed by atoms with Crippen molar-refractivity contribution < 1.29 is 4.74 Å². The lowest BCUT2D eigenvalue weighted by atomic mass is 10.1. The van der Waals surface area contributed by atoms with Gasteiger partial charge in [0.25, 0.3) is 0 Å². The summed E-state index contributed by atoms with van der Waals surface area (Å²) in [5.74, 6) is 0. The lowest BCUT2D eigenvalue weighted by molar-refractivity contribution is 0.184. The Morgan fingerprint density at radius 1 is 1.16 bits per heavy atom. The SMILES string of the molecule is COCc1ccccc1CNc1ccc(Br)nc1C. The Hall–Kier alpha value is -1.39. The van der Waals surface area contributed by atoms with Gasteiger partial charge in [-0.15, -0.1) is 0 Å². The molecule has 0 saturated carbocycles. The Morgan fingerprint density at radius 2 is 1.89 bits per heavy atom. The molecule has 1 heterocycles. The van der Waals surface area contributed by atoms with Crippen molar-refractivity contribution in [3.8, 4) is 0 Å². The first-order valence-corrected chi connectivity index (χ1v) is 6.92. The van der Waals surface area contributed by atoms with Gasteiger partial charge in [0.1, 0.15) is 4.60 Å². The normalized spacial score (nSPS) is 10.5. The molecule has 0 unspecified atom stereocenters. The summed E-state index contributed by atoms with van der Waals surface area (Å²) >= 11 is 3.37. The number of hydrogen-bond donors (Lipinski definition) is 1. The molecule has 0 atom stereocenters. The summed E-state index contributed by atoms with van der Waals surface area (Å²) in [5.41, 5.74) is 4.49. The molecular weight excluding hydrogens is 304 g/mol. The van der Waals surface area contributed by atoms with Crippen LogP contribution < -0.4 is 5.32 Å². The van der Waals surface area contributed by atoms with Crippen LogP contribution in [0.5, 0.6) is 0 Å². The Morgan fingerprint density at radius 3 is 2.58 bits per heavy atom. The van der Waals surface area contributed by atoms with Crippen LogP contribution in [0, 0.1) is 6.92 Å². The molecule has 1 aromatic heterocycles. The summed E-state index contributed by atoms with van der Waals surface area (Å²) < 4.78 is 6.07. The summed E-state index contributed by atoms with van der Waals surface area (Å²) in [7, 11) is 1.72. The molecule has 0 bridgehead atoms. The van der Waals surface area contributed by atoms with E-state index in [1.165, 1.54) is 11.1 Å². The third-order valence-electron chi connectivity index (χ3n) is 2.94. The van der Waals surface area contributed by atoms with E-state index < -0.39 is 0 Å². The first-order valence-electron chi connectivity index (χ1n) is 6.13. The van der Waals surface area contributed by atoms with Gasteiger partial charge in [-0.3, -0.25) is 0 Å². The molecule has 1 aromatic carbocycles. The average Bonchev–Trinajstić information content (AvgIpc) is 2.40. The highest BCUT2D eigenvalue weighted by molar-refractivity contribution is 9.10. The number of nitrogens with zero attached hydrogens (tertiary/aromatic N) is 1. The topological polar surface area (TPSA) is 34.1 Å². The smallest absolute Gasteiger partial charge is 0.106 e. The van der Waals surface area contributed by atoms with Gasteiger partial charge in [-0.25, -0.2) is 4.98 Å². The summed E-state index contributed by atoms with van der Waals surface area (Å²) in [5, 5.41) is 3.42. The molecule has 0 spiro atoms. The minimum Gasteiger partial charge on any atom is -0.380 e. The van der Waals surface area contributed by atoms with Crippen molar-refractivity contribution in [2.24, 2.45) is 0 Å². The van der Waals surface area contributed by atoms with E-state index in [1.54, 1.807) is 7.11 Å². The molecule has 2 aromatic rings. The van der Waals surface area contributed by atoms with Gasteiger partial charge in [-0.1, -0.05) is 24.3 Å². The Balaban J connectivity index is 2.10. The third kappa shape index (κ3) is 3.78.